The molecule has 0 aromatic carbocycles. The van der Waals surface area contributed by atoms with E-state index in [2.05, 4.69) is 6.92 Å². The number of thioether (sulfide) groups is 1. The fourth-order valence-corrected chi connectivity index (χ4v) is 2.92. The second-order valence-electron chi connectivity index (χ2n) is 5.40. The molecule has 0 aliphatic rings. The molecule has 1 unspecified atom stereocenters. The molecule has 0 aliphatic carbocycles. The SMILES string of the molecule is CCCCCCCC/C=C\C([18F])CCCSCCC(=O)O. The van der Waals surface area contributed by atoms with Crippen LogP contribution in [0.1, 0.15) is 71.1 Å². The van der Waals surface area contributed by atoms with Gasteiger partial charge >= 0.3 is 5.97 Å². The maximum Gasteiger partial charge on any atom is 0.304 e. The standard InChI is InChI=1S/C17H31FO2S/c1-2-3-4-5-6-7-8-9-11-16(18)12-10-14-21-15-13-17(19)20/h9,11,16H,2-8,10,12-15H2,1H3,(H,19,20)/b11-9-/i18-1. The molecule has 0 aliphatic heterocycles. The van der Waals surface area contributed by atoms with Gasteiger partial charge in [-0.3, -0.25) is 4.79 Å². The molecule has 0 rings (SSSR count). The van der Waals surface area contributed by atoms with E-state index < -0.39 is 12.1 Å². The summed E-state index contributed by atoms with van der Waals surface area (Å²) in [5, 5.41) is 8.48. The number of hydrogen-bond acceptors (Lipinski definition) is 2. The minimum absolute atomic E-state index is 0.196. The number of hydrogen-bond donors (Lipinski definition) is 1. The van der Waals surface area contributed by atoms with Crippen molar-refractivity contribution >= 4 is 17.7 Å². The first-order chi connectivity index (χ1) is 10.2. The van der Waals surface area contributed by atoms with E-state index in [0.29, 0.717) is 12.2 Å². The van der Waals surface area contributed by atoms with Crippen molar-refractivity contribution in [2.24, 2.45) is 0 Å². The average molecular weight is 318 g/mol. The summed E-state index contributed by atoms with van der Waals surface area (Å²) in [7, 11) is 0. The van der Waals surface area contributed by atoms with Crippen LogP contribution < -0.4 is 0 Å². The molecule has 0 fully saturated rings. The van der Waals surface area contributed by atoms with Crippen molar-refractivity contribution in [1.82, 2.24) is 0 Å². The van der Waals surface area contributed by atoms with Gasteiger partial charge in [-0.15, -0.1) is 0 Å². The Hall–Kier alpha value is -0.510. The average Bonchev–Trinajstić information content (AvgIpc) is 2.45. The number of aliphatic carboxylic acids is 1. The van der Waals surface area contributed by atoms with Gasteiger partial charge < -0.3 is 5.11 Å². The Morgan fingerprint density at radius 2 is 1.86 bits per heavy atom. The predicted octanol–water partition coefficient (Wildman–Crippen LogP) is 5.62. The lowest BCUT2D eigenvalue weighted by molar-refractivity contribution is -0.136. The van der Waals surface area contributed by atoms with E-state index in [1.54, 1.807) is 17.8 Å². The topological polar surface area (TPSA) is 37.3 Å². The van der Waals surface area contributed by atoms with Gasteiger partial charge in [0.25, 0.3) is 0 Å². The Balaban J connectivity index is 3.30. The molecule has 124 valence electrons. The summed E-state index contributed by atoms with van der Waals surface area (Å²) in [6, 6.07) is 0. The molecule has 1 atom stereocenters. The minimum atomic E-state index is -0.842. The third kappa shape index (κ3) is 17.4. The second kappa shape index (κ2) is 15.9. The normalized spacial score (nSPS) is 12.9. The number of carbonyl (C=O) groups is 1. The molecule has 0 saturated carbocycles. The Morgan fingerprint density at radius 1 is 1.14 bits per heavy atom. The summed E-state index contributed by atoms with van der Waals surface area (Å²) in [4.78, 5) is 10.3. The molecular formula is C17H31FO2S. The lowest BCUT2D eigenvalue weighted by Gasteiger charge is -2.03. The van der Waals surface area contributed by atoms with Crippen LogP contribution in [0.15, 0.2) is 12.2 Å². The Bertz CT molecular complexity index is 270. The summed E-state index contributed by atoms with van der Waals surface area (Å²) in [5.41, 5.74) is 0. The van der Waals surface area contributed by atoms with E-state index in [0.717, 1.165) is 25.0 Å². The summed E-state index contributed by atoms with van der Waals surface area (Å²) < 4.78 is 13.5. The van der Waals surface area contributed by atoms with E-state index in [-0.39, 0.29) is 6.42 Å². The van der Waals surface area contributed by atoms with Crippen molar-refractivity contribution in [3.05, 3.63) is 12.2 Å². The van der Waals surface area contributed by atoms with Crippen LogP contribution in [0.25, 0.3) is 0 Å². The fourth-order valence-electron chi connectivity index (χ4n) is 2.02. The van der Waals surface area contributed by atoms with Crippen LogP contribution in [0.2, 0.25) is 0 Å². The van der Waals surface area contributed by atoms with Crippen molar-refractivity contribution in [2.75, 3.05) is 11.5 Å². The summed E-state index contributed by atoms with van der Waals surface area (Å²) in [5.74, 6) is 0.711. The van der Waals surface area contributed by atoms with Crippen molar-refractivity contribution < 1.29 is 14.3 Å². The van der Waals surface area contributed by atoms with Crippen molar-refractivity contribution in [3.8, 4) is 0 Å². The molecule has 0 radical (unpaired) electrons. The maximum atomic E-state index is 13.5. The van der Waals surface area contributed by atoms with Gasteiger partial charge in [-0.25, -0.2) is 4.39 Å². The maximum absolute atomic E-state index is 13.5. The van der Waals surface area contributed by atoms with Gasteiger partial charge in [0.2, 0.25) is 0 Å². The van der Waals surface area contributed by atoms with Gasteiger partial charge in [-0.1, -0.05) is 51.2 Å². The number of allylic oxidation sites excluding steroid dienone is 2. The monoisotopic (exact) mass is 317 g/mol. The molecule has 0 bridgehead atoms. The zero-order valence-corrected chi connectivity index (χ0v) is 14.2. The smallest absolute Gasteiger partial charge is 0.304 e. The second-order valence-corrected chi connectivity index (χ2v) is 6.62. The summed E-state index contributed by atoms with van der Waals surface area (Å²) in [6.07, 6.45) is 13.0. The van der Waals surface area contributed by atoms with Crippen LogP contribution in [0.4, 0.5) is 4.39 Å². The molecule has 21 heavy (non-hydrogen) atoms. The van der Waals surface area contributed by atoms with Crippen LogP contribution in [0, 0.1) is 0 Å². The lowest BCUT2D eigenvalue weighted by Crippen LogP contribution is -1.99. The lowest BCUT2D eigenvalue weighted by atomic mass is 10.1. The molecule has 0 saturated heterocycles. The number of carboxylic acids is 1. The number of halogens is 1. The molecule has 4 heteroatoms. The molecule has 0 amide bonds. The first-order valence-corrected chi connectivity index (χ1v) is 9.42. The zero-order chi connectivity index (χ0) is 15.8. The number of carboxylic acid groups (broad SMARTS) is 1. The van der Waals surface area contributed by atoms with Crippen LogP contribution >= 0.6 is 11.8 Å². The number of rotatable bonds is 15. The minimum Gasteiger partial charge on any atom is -0.481 e. The Kier molecular flexibility index (Phi) is 15.5. The first kappa shape index (κ1) is 20.5. The summed E-state index contributed by atoms with van der Waals surface area (Å²) >= 11 is 1.59. The molecule has 1 N–H and O–H groups in total. The van der Waals surface area contributed by atoms with E-state index in [4.69, 9.17) is 5.11 Å². The van der Waals surface area contributed by atoms with Crippen molar-refractivity contribution in [1.29, 1.82) is 0 Å². The Labute approximate surface area is 133 Å². The molecule has 0 heterocycles. The summed E-state index contributed by atoms with van der Waals surface area (Å²) in [6.45, 7) is 2.22. The van der Waals surface area contributed by atoms with Gasteiger partial charge in [0.15, 0.2) is 0 Å². The van der Waals surface area contributed by atoms with Gasteiger partial charge in [0, 0.05) is 5.75 Å². The number of unbranched alkanes of at least 4 members (excludes halogenated alkanes) is 6. The highest BCUT2D eigenvalue weighted by atomic mass is 32.2. The Morgan fingerprint density at radius 3 is 2.57 bits per heavy atom. The van der Waals surface area contributed by atoms with Crippen molar-refractivity contribution in [3.63, 3.8) is 0 Å². The van der Waals surface area contributed by atoms with Gasteiger partial charge in [-0.2, -0.15) is 11.8 Å². The molecule has 2 nitrogen and oxygen atoms in total. The highest BCUT2D eigenvalue weighted by Gasteiger charge is 2.02. The molecule has 0 aromatic rings. The van der Waals surface area contributed by atoms with E-state index >= 15 is 0 Å². The number of alkyl halides is 1. The zero-order valence-electron chi connectivity index (χ0n) is 13.4. The van der Waals surface area contributed by atoms with Crippen LogP contribution in [-0.2, 0) is 4.79 Å². The predicted molar refractivity (Wildman–Crippen MR) is 90.8 cm³/mol. The molecule has 0 aromatic heterocycles. The van der Waals surface area contributed by atoms with Crippen LogP contribution in [-0.4, -0.2) is 28.8 Å². The highest BCUT2D eigenvalue weighted by Crippen LogP contribution is 2.12. The third-order valence-corrected chi connectivity index (χ3v) is 4.37. The molecular weight excluding hydrogens is 286 g/mol. The largest absolute Gasteiger partial charge is 0.481 e. The van der Waals surface area contributed by atoms with Crippen molar-refractivity contribution in [2.45, 2.75) is 77.3 Å². The quantitative estimate of drug-likeness (QED) is 0.314. The van der Waals surface area contributed by atoms with Gasteiger partial charge in [0.1, 0.15) is 6.17 Å². The van der Waals surface area contributed by atoms with Crippen LogP contribution in [0.3, 0.4) is 0 Å². The van der Waals surface area contributed by atoms with Gasteiger partial charge in [-0.05, 0) is 31.4 Å². The van der Waals surface area contributed by atoms with E-state index in [9.17, 15) is 9.18 Å². The fraction of sp³-hybridized carbons (Fsp3) is 0.824. The highest BCUT2D eigenvalue weighted by molar-refractivity contribution is 7.99. The molecule has 0 spiro atoms. The van der Waals surface area contributed by atoms with Crippen LogP contribution in [0.5, 0.6) is 0 Å². The van der Waals surface area contributed by atoms with E-state index in [1.165, 1.54) is 32.1 Å². The van der Waals surface area contributed by atoms with E-state index in [1.807, 2.05) is 6.08 Å². The first-order valence-electron chi connectivity index (χ1n) is 8.27. The third-order valence-electron chi connectivity index (χ3n) is 3.30. The van der Waals surface area contributed by atoms with Gasteiger partial charge in [0.05, 0.1) is 6.42 Å².